The average Bonchev–Trinajstić information content (AvgIpc) is 2.78. The van der Waals surface area contributed by atoms with Crippen molar-refractivity contribution < 1.29 is 9.59 Å². The van der Waals surface area contributed by atoms with Crippen molar-refractivity contribution in [2.75, 3.05) is 4.90 Å². The summed E-state index contributed by atoms with van der Waals surface area (Å²) >= 11 is 0. The van der Waals surface area contributed by atoms with Crippen molar-refractivity contribution >= 4 is 17.5 Å². The van der Waals surface area contributed by atoms with Crippen LogP contribution in [0.25, 0.3) is 0 Å². The number of benzene rings is 2. The zero-order chi connectivity index (χ0) is 17.8. The Bertz CT molecular complexity index is 768. The molecule has 3 rings (SSSR count). The lowest BCUT2D eigenvalue weighted by molar-refractivity contribution is -0.126. The minimum Gasteiger partial charge on any atom is -0.350 e. The Morgan fingerprint density at radius 2 is 1.84 bits per heavy atom. The molecule has 0 saturated heterocycles. The molecule has 1 N–H and O–H groups in total. The van der Waals surface area contributed by atoms with E-state index < -0.39 is 6.04 Å². The number of nitrogens with zero attached hydrogens (tertiary/aromatic N) is 1. The highest BCUT2D eigenvalue weighted by atomic mass is 16.2. The van der Waals surface area contributed by atoms with Gasteiger partial charge in [-0.05, 0) is 43.9 Å². The van der Waals surface area contributed by atoms with E-state index in [-0.39, 0.29) is 11.8 Å². The van der Waals surface area contributed by atoms with Crippen LogP contribution in [0.5, 0.6) is 0 Å². The Labute approximate surface area is 148 Å². The van der Waals surface area contributed by atoms with E-state index in [9.17, 15) is 9.59 Å². The van der Waals surface area contributed by atoms with Crippen LogP contribution in [-0.4, -0.2) is 17.9 Å². The number of rotatable bonds is 4. The average molecular weight is 336 g/mol. The summed E-state index contributed by atoms with van der Waals surface area (Å²) in [6, 6.07) is 15.4. The Morgan fingerprint density at radius 1 is 1.12 bits per heavy atom. The van der Waals surface area contributed by atoms with E-state index in [1.165, 1.54) is 5.56 Å². The first-order chi connectivity index (χ1) is 12.1. The number of nitrogens with one attached hydrogen (secondary N) is 1. The second-order valence-corrected chi connectivity index (χ2v) is 6.63. The maximum Gasteiger partial charge on any atom is 0.243 e. The van der Waals surface area contributed by atoms with E-state index >= 15 is 0 Å². The van der Waals surface area contributed by atoms with Crippen LogP contribution in [0.1, 0.15) is 36.5 Å². The highest BCUT2D eigenvalue weighted by Gasteiger charge is 2.30. The van der Waals surface area contributed by atoms with Gasteiger partial charge in [0, 0.05) is 18.7 Å². The summed E-state index contributed by atoms with van der Waals surface area (Å²) in [7, 11) is 0. The summed E-state index contributed by atoms with van der Waals surface area (Å²) in [5, 5.41) is 2.95. The third-order valence-electron chi connectivity index (χ3n) is 4.71. The van der Waals surface area contributed by atoms with Crippen LogP contribution < -0.4 is 10.2 Å². The molecule has 1 heterocycles. The fourth-order valence-corrected chi connectivity index (χ4v) is 3.23. The minimum absolute atomic E-state index is 0.0166. The lowest BCUT2D eigenvalue weighted by atomic mass is 10.1. The number of hydrogen-bond acceptors (Lipinski definition) is 2. The van der Waals surface area contributed by atoms with Crippen molar-refractivity contribution in [3.63, 3.8) is 0 Å². The normalized spacial score (nSPS) is 15.3. The number of carbonyl (C=O) groups excluding carboxylic acids is 2. The predicted molar refractivity (Wildman–Crippen MR) is 99.4 cm³/mol. The largest absolute Gasteiger partial charge is 0.350 e. The fourth-order valence-electron chi connectivity index (χ4n) is 3.23. The first kappa shape index (κ1) is 17.2. The summed E-state index contributed by atoms with van der Waals surface area (Å²) in [4.78, 5) is 26.9. The Balaban J connectivity index is 1.74. The van der Waals surface area contributed by atoms with E-state index in [1.54, 1.807) is 11.8 Å². The van der Waals surface area contributed by atoms with Crippen LogP contribution in [0, 0.1) is 6.92 Å². The lowest BCUT2D eigenvalue weighted by Crippen LogP contribution is -2.48. The summed E-state index contributed by atoms with van der Waals surface area (Å²) in [5.41, 5.74) is 4.23. The number of hydrogen-bond donors (Lipinski definition) is 1. The molecule has 2 aromatic rings. The molecule has 1 aliphatic rings. The van der Waals surface area contributed by atoms with Gasteiger partial charge in [-0.15, -0.1) is 0 Å². The van der Waals surface area contributed by atoms with Gasteiger partial charge >= 0.3 is 0 Å². The predicted octanol–water partition coefficient (Wildman–Crippen LogP) is 3.37. The van der Waals surface area contributed by atoms with E-state index in [4.69, 9.17) is 0 Å². The topological polar surface area (TPSA) is 49.4 Å². The Hall–Kier alpha value is -2.62. The Kier molecular flexibility index (Phi) is 5.17. The van der Waals surface area contributed by atoms with Gasteiger partial charge in [-0.1, -0.05) is 48.0 Å². The van der Waals surface area contributed by atoms with Gasteiger partial charge in [0.05, 0.1) is 0 Å². The zero-order valence-corrected chi connectivity index (χ0v) is 14.8. The van der Waals surface area contributed by atoms with E-state index in [2.05, 4.69) is 5.32 Å². The van der Waals surface area contributed by atoms with Gasteiger partial charge in [0.1, 0.15) is 6.04 Å². The molecule has 1 aliphatic heterocycles. The monoisotopic (exact) mass is 336 g/mol. The molecule has 0 spiro atoms. The van der Waals surface area contributed by atoms with Crippen LogP contribution >= 0.6 is 0 Å². The molecule has 0 radical (unpaired) electrons. The summed E-state index contributed by atoms with van der Waals surface area (Å²) < 4.78 is 0. The van der Waals surface area contributed by atoms with Gasteiger partial charge in [0.15, 0.2) is 0 Å². The third kappa shape index (κ3) is 3.90. The zero-order valence-electron chi connectivity index (χ0n) is 14.8. The molecular weight excluding hydrogens is 312 g/mol. The molecule has 0 aromatic heterocycles. The molecular formula is C21H24N2O2. The van der Waals surface area contributed by atoms with Crippen molar-refractivity contribution in [1.82, 2.24) is 5.32 Å². The second kappa shape index (κ2) is 7.51. The van der Waals surface area contributed by atoms with Gasteiger partial charge in [-0.25, -0.2) is 0 Å². The first-order valence-electron chi connectivity index (χ1n) is 8.79. The van der Waals surface area contributed by atoms with Crippen LogP contribution in [0.3, 0.4) is 0 Å². The summed E-state index contributed by atoms with van der Waals surface area (Å²) in [6.45, 7) is 4.30. The Morgan fingerprint density at radius 3 is 2.60 bits per heavy atom. The molecule has 4 nitrogen and oxygen atoms in total. The maximum atomic E-state index is 12.6. The van der Waals surface area contributed by atoms with Crippen LogP contribution in [-0.2, 0) is 22.6 Å². The highest BCUT2D eigenvalue weighted by Crippen LogP contribution is 2.28. The van der Waals surface area contributed by atoms with Crippen LogP contribution in [0.4, 0.5) is 5.69 Å². The first-order valence-corrected chi connectivity index (χ1v) is 8.79. The van der Waals surface area contributed by atoms with Gasteiger partial charge < -0.3 is 5.32 Å². The molecule has 0 unspecified atom stereocenters. The van der Waals surface area contributed by atoms with Crippen molar-refractivity contribution in [2.45, 2.75) is 45.7 Å². The molecule has 4 heteroatoms. The van der Waals surface area contributed by atoms with Crippen molar-refractivity contribution in [3.8, 4) is 0 Å². The molecule has 0 saturated carbocycles. The number of anilines is 1. The summed E-state index contributed by atoms with van der Waals surface area (Å²) in [5.74, 6) is -0.117. The number of fused-ring (bicyclic) bond motifs is 1. The summed E-state index contributed by atoms with van der Waals surface area (Å²) in [6.07, 6.45) is 2.17. The lowest BCUT2D eigenvalue weighted by Gasteiger charge is -2.28. The fraction of sp³-hybridized carbons (Fsp3) is 0.333. The molecule has 2 aromatic carbocycles. The van der Waals surface area contributed by atoms with Gasteiger partial charge in [0.25, 0.3) is 0 Å². The van der Waals surface area contributed by atoms with E-state index in [1.807, 2.05) is 55.5 Å². The number of aryl methyl sites for hydroxylation is 2. The second-order valence-electron chi connectivity index (χ2n) is 6.63. The standard InChI is InChI=1S/C21H24N2O2/c1-15-10-12-17(13-11-15)14-22-21(25)16(2)23-19-8-4-3-6-18(19)7-5-9-20(23)24/h3-4,6,8,10-13,16H,5,7,9,14H2,1-2H3,(H,22,25)/t16-/m1/s1. The van der Waals surface area contributed by atoms with E-state index in [0.717, 1.165) is 29.7 Å². The molecule has 0 fully saturated rings. The highest BCUT2D eigenvalue weighted by molar-refractivity contribution is 6.01. The number of para-hydroxylation sites is 1. The smallest absolute Gasteiger partial charge is 0.243 e. The quantitative estimate of drug-likeness (QED) is 0.930. The van der Waals surface area contributed by atoms with Gasteiger partial charge in [-0.2, -0.15) is 0 Å². The molecule has 25 heavy (non-hydrogen) atoms. The van der Waals surface area contributed by atoms with Gasteiger partial charge in [0.2, 0.25) is 11.8 Å². The molecule has 2 amide bonds. The number of carbonyl (C=O) groups is 2. The van der Waals surface area contributed by atoms with Crippen molar-refractivity contribution in [3.05, 3.63) is 65.2 Å². The van der Waals surface area contributed by atoms with Crippen molar-refractivity contribution in [1.29, 1.82) is 0 Å². The van der Waals surface area contributed by atoms with Crippen LogP contribution in [0.15, 0.2) is 48.5 Å². The molecule has 0 bridgehead atoms. The molecule has 130 valence electrons. The van der Waals surface area contributed by atoms with Gasteiger partial charge in [-0.3, -0.25) is 14.5 Å². The molecule has 1 atom stereocenters. The number of amides is 2. The van der Waals surface area contributed by atoms with Crippen molar-refractivity contribution in [2.24, 2.45) is 0 Å². The molecule has 0 aliphatic carbocycles. The third-order valence-corrected chi connectivity index (χ3v) is 4.71. The minimum atomic E-state index is -0.530. The van der Waals surface area contributed by atoms with E-state index in [0.29, 0.717) is 13.0 Å². The SMILES string of the molecule is Cc1ccc(CNC(=O)[C@@H](C)N2C(=O)CCCc3ccccc32)cc1. The van der Waals surface area contributed by atoms with Crippen LogP contribution in [0.2, 0.25) is 0 Å². The maximum absolute atomic E-state index is 12.6.